The van der Waals surface area contributed by atoms with Crippen molar-refractivity contribution in [1.82, 2.24) is 19.9 Å². The summed E-state index contributed by atoms with van der Waals surface area (Å²) in [7, 11) is 0. The number of hydrogen-bond donors (Lipinski definition) is 1. The molecule has 2 saturated heterocycles. The molecule has 0 aromatic carbocycles. The fourth-order valence-electron chi connectivity index (χ4n) is 3.15. The molecule has 4 heterocycles. The van der Waals surface area contributed by atoms with Crippen LogP contribution >= 0.6 is 0 Å². The van der Waals surface area contributed by atoms with E-state index in [1.165, 1.54) is 6.20 Å². The molecule has 27 heavy (non-hydrogen) atoms. The van der Waals surface area contributed by atoms with Crippen molar-refractivity contribution in [2.24, 2.45) is 0 Å². The lowest BCUT2D eigenvalue weighted by atomic mass is 10.1. The summed E-state index contributed by atoms with van der Waals surface area (Å²) in [6.45, 7) is 5.74. The average molecular weight is 373 g/mol. The average Bonchev–Trinajstić information content (AvgIpc) is 2.69. The Labute approximate surface area is 156 Å². The van der Waals surface area contributed by atoms with Gasteiger partial charge in [0.2, 0.25) is 11.8 Å². The monoisotopic (exact) mass is 373 g/mol. The zero-order valence-corrected chi connectivity index (χ0v) is 15.3. The fraction of sp³-hybridized carbons (Fsp3) is 0.556. The second kappa shape index (κ2) is 8.01. The quantitative estimate of drug-likeness (QED) is 0.844. The van der Waals surface area contributed by atoms with Gasteiger partial charge in [-0.05, 0) is 6.92 Å². The standard InChI is InChI=1S/C18H23N5O4/c1-12-19-11-14(17(24)20-12)15-10-16(27-13-2-6-25-7-3-13)22-18(21-15)23-4-8-26-9-5-23/h10-11,13H,2-9H2,1H3,(H,19,20,24). The van der Waals surface area contributed by atoms with Crippen LogP contribution in [0.25, 0.3) is 11.3 Å². The second-order valence-corrected chi connectivity index (χ2v) is 6.63. The second-order valence-electron chi connectivity index (χ2n) is 6.63. The third-order valence-corrected chi connectivity index (χ3v) is 4.64. The molecule has 1 N–H and O–H groups in total. The van der Waals surface area contributed by atoms with E-state index in [0.29, 0.717) is 68.4 Å². The molecule has 9 heteroatoms. The van der Waals surface area contributed by atoms with Crippen molar-refractivity contribution in [2.75, 3.05) is 44.4 Å². The first-order chi connectivity index (χ1) is 13.2. The smallest absolute Gasteiger partial charge is 0.260 e. The molecule has 0 spiro atoms. The molecule has 2 aliphatic heterocycles. The SMILES string of the molecule is Cc1ncc(-c2cc(OC3CCOCC3)nc(N3CCOCC3)n2)c(=O)[nH]1. The molecule has 0 saturated carbocycles. The Bertz CT molecular complexity index is 844. The molecular formula is C18H23N5O4. The van der Waals surface area contributed by atoms with Crippen LogP contribution in [0.5, 0.6) is 5.88 Å². The molecule has 144 valence electrons. The molecule has 0 aliphatic carbocycles. The van der Waals surface area contributed by atoms with Gasteiger partial charge in [0.05, 0.1) is 37.7 Å². The number of rotatable bonds is 4. The number of nitrogens with zero attached hydrogens (tertiary/aromatic N) is 4. The van der Waals surface area contributed by atoms with E-state index < -0.39 is 0 Å². The third kappa shape index (κ3) is 4.25. The maximum Gasteiger partial charge on any atom is 0.260 e. The van der Waals surface area contributed by atoms with Crippen LogP contribution in [0.4, 0.5) is 5.95 Å². The summed E-state index contributed by atoms with van der Waals surface area (Å²) >= 11 is 0. The van der Waals surface area contributed by atoms with Crippen molar-refractivity contribution in [3.05, 3.63) is 28.4 Å². The van der Waals surface area contributed by atoms with Crippen LogP contribution in [0.3, 0.4) is 0 Å². The number of morpholine rings is 1. The van der Waals surface area contributed by atoms with Gasteiger partial charge in [-0.1, -0.05) is 0 Å². The Hall–Kier alpha value is -2.52. The summed E-state index contributed by atoms with van der Waals surface area (Å²) in [6.07, 6.45) is 3.23. The van der Waals surface area contributed by atoms with Crippen LogP contribution in [0, 0.1) is 6.92 Å². The Morgan fingerprint density at radius 1 is 1.15 bits per heavy atom. The minimum atomic E-state index is -0.230. The van der Waals surface area contributed by atoms with Crippen LogP contribution in [-0.4, -0.2) is 65.6 Å². The molecule has 2 aromatic heterocycles. The summed E-state index contributed by atoms with van der Waals surface area (Å²) in [5, 5.41) is 0. The summed E-state index contributed by atoms with van der Waals surface area (Å²) in [5.41, 5.74) is 0.669. The van der Waals surface area contributed by atoms with Crippen LogP contribution in [-0.2, 0) is 9.47 Å². The van der Waals surface area contributed by atoms with Gasteiger partial charge in [0.1, 0.15) is 11.9 Å². The van der Waals surface area contributed by atoms with E-state index in [4.69, 9.17) is 14.2 Å². The highest BCUT2D eigenvalue weighted by molar-refractivity contribution is 5.60. The van der Waals surface area contributed by atoms with Crippen LogP contribution in [0.2, 0.25) is 0 Å². The summed E-state index contributed by atoms with van der Waals surface area (Å²) < 4.78 is 16.9. The van der Waals surface area contributed by atoms with Crippen LogP contribution < -0.4 is 15.2 Å². The Kier molecular flexibility index (Phi) is 5.30. The number of hydrogen-bond acceptors (Lipinski definition) is 8. The van der Waals surface area contributed by atoms with Gasteiger partial charge in [-0.2, -0.15) is 4.98 Å². The number of H-pyrrole nitrogens is 1. The highest BCUT2D eigenvalue weighted by Crippen LogP contribution is 2.24. The highest BCUT2D eigenvalue weighted by Gasteiger charge is 2.21. The lowest BCUT2D eigenvalue weighted by molar-refractivity contribution is 0.0237. The molecule has 0 unspecified atom stereocenters. The Balaban J connectivity index is 1.70. The molecule has 0 atom stereocenters. The van der Waals surface area contributed by atoms with Crippen LogP contribution in [0.15, 0.2) is 17.1 Å². The normalized spacial score (nSPS) is 18.5. The first kappa shape index (κ1) is 17.9. The van der Waals surface area contributed by atoms with Gasteiger partial charge in [0, 0.05) is 38.2 Å². The van der Waals surface area contributed by atoms with Gasteiger partial charge < -0.3 is 24.1 Å². The zero-order chi connectivity index (χ0) is 18.6. The van der Waals surface area contributed by atoms with E-state index in [-0.39, 0.29) is 11.7 Å². The highest BCUT2D eigenvalue weighted by atomic mass is 16.5. The predicted octanol–water partition coefficient (Wildman–Crippen LogP) is 0.930. The molecular weight excluding hydrogens is 350 g/mol. The predicted molar refractivity (Wildman–Crippen MR) is 98.1 cm³/mol. The zero-order valence-electron chi connectivity index (χ0n) is 15.3. The number of aromatic nitrogens is 4. The van der Waals surface area contributed by atoms with E-state index >= 15 is 0 Å². The summed E-state index contributed by atoms with van der Waals surface area (Å²) in [4.78, 5) is 30.5. The van der Waals surface area contributed by atoms with Crippen molar-refractivity contribution >= 4 is 5.95 Å². The molecule has 0 amide bonds. The molecule has 0 bridgehead atoms. The first-order valence-corrected chi connectivity index (χ1v) is 9.21. The van der Waals surface area contributed by atoms with Crippen molar-refractivity contribution in [1.29, 1.82) is 0 Å². The maximum atomic E-state index is 12.4. The molecule has 2 aliphatic rings. The molecule has 4 rings (SSSR count). The van der Waals surface area contributed by atoms with Crippen molar-refractivity contribution in [2.45, 2.75) is 25.9 Å². The minimum Gasteiger partial charge on any atom is -0.474 e. The van der Waals surface area contributed by atoms with Gasteiger partial charge in [0.15, 0.2) is 0 Å². The summed E-state index contributed by atoms with van der Waals surface area (Å²) in [5.74, 6) is 1.57. The first-order valence-electron chi connectivity index (χ1n) is 9.21. The van der Waals surface area contributed by atoms with Crippen LogP contribution in [0.1, 0.15) is 18.7 Å². The van der Waals surface area contributed by atoms with Crippen molar-refractivity contribution < 1.29 is 14.2 Å². The van der Waals surface area contributed by atoms with Crippen molar-refractivity contribution in [3.63, 3.8) is 0 Å². The number of anilines is 1. The van der Waals surface area contributed by atoms with E-state index in [1.54, 1.807) is 13.0 Å². The van der Waals surface area contributed by atoms with E-state index in [2.05, 4.69) is 19.9 Å². The minimum absolute atomic E-state index is 0.0495. The topological polar surface area (TPSA) is 102 Å². The lowest BCUT2D eigenvalue weighted by Crippen LogP contribution is -2.37. The third-order valence-electron chi connectivity index (χ3n) is 4.64. The number of aryl methyl sites for hydroxylation is 1. The number of ether oxygens (including phenoxy) is 3. The molecule has 2 aromatic rings. The van der Waals surface area contributed by atoms with E-state index in [1.807, 2.05) is 4.90 Å². The van der Waals surface area contributed by atoms with Gasteiger partial charge in [-0.15, -0.1) is 0 Å². The largest absolute Gasteiger partial charge is 0.474 e. The molecule has 0 radical (unpaired) electrons. The van der Waals surface area contributed by atoms with Gasteiger partial charge in [-0.3, -0.25) is 4.79 Å². The maximum absolute atomic E-state index is 12.4. The van der Waals surface area contributed by atoms with Crippen molar-refractivity contribution in [3.8, 4) is 17.1 Å². The van der Waals surface area contributed by atoms with Gasteiger partial charge >= 0.3 is 0 Å². The lowest BCUT2D eigenvalue weighted by Gasteiger charge is -2.28. The summed E-state index contributed by atoms with van der Waals surface area (Å²) in [6, 6.07) is 1.71. The molecule has 2 fully saturated rings. The van der Waals surface area contributed by atoms with Gasteiger partial charge in [0.25, 0.3) is 5.56 Å². The Morgan fingerprint density at radius 3 is 2.63 bits per heavy atom. The Morgan fingerprint density at radius 2 is 1.89 bits per heavy atom. The van der Waals surface area contributed by atoms with E-state index in [9.17, 15) is 4.79 Å². The number of aromatic amines is 1. The van der Waals surface area contributed by atoms with Gasteiger partial charge in [-0.25, -0.2) is 9.97 Å². The fourth-order valence-corrected chi connectivity index (χ4v) is 3.15. The van der Waals surface area contributed by atoms with E-state index in [0.717, 1.165) is 12.8 Å². The molecule has 9 nitrogen and oxygen atoms in total. The number of nitrogens with one attached hydrogen (secondary N) is 1.